The molecule has 0 unspecified atom stereocenters. The van der Waals surface area contributed by atoms with E-state index in [-0.39, 0.29) is 28.2 Å². The second kappa shape index (κ2) is 10.9. The van der Waals surface area contributed by atoms with Gasteiger partial charge in [0.05, 0.1) is 0 Å². The molecular formula is C15H14ClF3N6O7S2. The van der Waals surface area contributed by atoms with Crippen LogP contribution in [0.4, 0.5) is 18.3 Å². The van der Waals surface area contributed by atoms with Crippen molar-refractivity contribution in [2.45, 2.75) is 17.6 Å². The number of aromatic nitrogens is 2. The molecule has 186 valence electrons. The summed E-state index contributed by atoms with van der Waals surface area (Å²) < 4.78 is 35.6. The van der Waals surface area contributed by atoms with Gasteiger partial charge >= 0.3 is 18.1 Å². The molecule has 2 atom stereocenters. The number of β-lactam (4-membered cyclic amide) rings is 1. The number of alkyl halides is 4. The summed E-state index contributed by atoms with van der Waals surface area (Å²) in [6.07, 6.45) is -5.08. The summed E-state index contributed by atoms with van der Waals surface area (Å²) in [5.74, 6) is -4.98. The highest BCUT2D eigenvalue weighted by atomic mass is 35.5. The van der Waals surface area contributed by atoms with E-state index < -0.39 is 41.3 Å². The Labute approximate surface area is 200 Å². The molecular weight excluding hydrogens is 533 g/mol. The molecule has 3 rings (SSSR count). The molecule has 1 fully saturated rings. The van der Waals surface area contributed by atoms with Crippen LogP contribution in [-0.4, -0.2) is 90.3 Å². The van der Waals surface area contributed by atoms with Gasteiger partial charge in [0.1, 0.15) is 24.2 Å². The molecule has 5 N–H and O–H groups in total. The van der Waals surface area contributed by atoms with Crippen molar-refractivity contribution in [1.29, 1.82) is 0 Å². The van der Waals surface area contributed by atoms with Gasteiger partial charge in [-0.2, -0.15) is 22.5 Å². The molecule has 0 saturated carbocycles. The number of fused-ring (bicyclic) bond motifs is 1. The number of halogens is 4. The lowest BCUT2D eigenvalue weighted by molar-refractivity contribution is -0.192. The zero-order valence-corrected chi connectivity index (χ0v) is 19.1. The number of hydrogen-bond acceptors (Lipinski definition) is 11. The number of thioether (sulfide) groups is 1. The van der Waals surface area contributed by atoms with E-state index in [0.717, 1.165) is 16.4 Å². The van der Waals surface area contributed by atoms with E-state index in [9.17, 15) is 32.7 Å². The van der Waals surface area contributed by atoms with E-state index in [4.69, 9.17) is 27.2 Å². The molecule has 13 nitrogen and oxygen atoms in total. The average Bonchev–Trinajstić information content (AvgIpc) is 3.19. The molecule has 34 heavy (non-hydrogen) atoms. The van der Waals surface area contributed by atoms with Crippen molar-refractivity contribution < 1.29 is 47.4 Å². The van der Waals surface area contributed by atoms with Gasteiger partial charge in [0.2, 0.25) is 11.5 Å². The second-order valence-electron chi connectivity index (χ2n) is 6.13. The van der Waals surface area contributed by atoms with Gasteiger partial charge in [-0.25, -0.2) is 9.59 Å². The number of nitrogens with zero attached hydrogens (tertiary/aromatic N) is 4. The fourth-order valence-electron chi connectivity index (χ4n) is 2.60. The highest BCUT2D eigenvalue weighted by Crippen LogP contribution is 2.40. The van der Waals surface area contributed by atoms with Crippen LogP contribution >= 0.6 is 34.9 Å². The van der Waals surface area contributed by atoms with Crippen molar-refractivity contribution in [2.24, 2.45) is 5.16 Å². The van der Waals surface area contributed by atoms with Gasteiger partial charge in [0.15, 0.2) is 5.13 Å². The monoisotopic (exact) mass is 546 g/mol. The molecule has 2 aliphatic rings. The van der Waals surface area contributed by atoms with Gasteiger partial charge in [-0.05, 0) is 5.57 Å². The SMILES string of the molecule is CON=C(C(=O)N[C@@H]1C(=O)N2C(C(=O)O)=C(CCl)CS[C@@H]12)c1nsc(N)n1.O=C(O)C(F)(F)F. The van der Waals surface area contributed by atoms with Crippen LogP contribution < -0.4 is 11.1 Å². The molecule has 0 spiro atoms. The Kier molecular flexibility index (Phi) is 8.67. The molecule has 0 aliphatic carbocycles. The summed E-state index contributed by atoms with van der Waals surface area (Å²) in [7, 11) is 1.24. The summed E-state index contributed by atoms with van der Waals surface area (Å²) in [4.78, 5) is 55.0. The largest absolute Gasteiger partial charge is 0.490 e. The van der Waals surface area contributed by atoms with Gasteiger partial charge in [0.25, 0.3) is 11.8 Å². The molecule has 19 heteroatoms. The predicted octanol–water partition coefficient (Wildman–Crippen LogP) is 0.0815. The number of carbonyl (C=O) groups is 4. The number of hydrogen-bond donors (Lipinski definition) is 4. The summed E-state index contributed by atoms with van der Waals surface area (Å²) in [5.41, 5.74) is 5.59. The van der Waals surface area contributed by atoms with E-state index in [0.29, 0.717) is 11.3 Å². The number of amides is 2. The third-order valence-corrected chi connectivity index (χ3v) is 6.20. The number of carbonyl (C=O) groups excluding carboxylic acids is 2. The number of oxime groups is 1. The van der Waals surface area contributed by atoms with E-state index in [2.05, 4.69) is 24.7 Å². The normalized spacial score (nSPS) is 20.0. The Morgan fingerprint density at radius 2 is 2.00 bits per heavy atom. The van der Waals surface area contributed by atoms with Gasteiger partial charge in [-0.3, -0.25) is 14.5 Å². The Morgan fingerprint density at radius 1 is 1.38 bits per heavy atom. The quantitative estimate of drug-likeness (QED) is 0.163. The second-order valence-corrected chi connectivity index (χ2v) is 8.29. The Hall–Kier alpha value is -3.12. The number of nitrogens with two attached hydrogens (primary N) is 1. The van der Waals surface area contributed by atoms with Crippen molar-refractivity contribution >= 4 is 69.5 Å². The average molecular weight is 547 g/mol. The topological polar surface area (TPSA) is 197 Å². The fraction of sp³-hybridized carbons (Fsp3) is 0.400. The first-order valence-corrected chi connectivity index (χ1v) is 11.0. The molecule has 1 aromatic rings. The third-order valence-electron chi connectivity index (χ3n) is 3.99. The van der Waals surface area contributed by atoms with Crippen molar-refractivity contribution in [1.82, 2.24) is 19.6 Å². The van der Waals surface area contributed by atoms with Crippen LogP contribution in [0.25, 0.3) is 0 Å². The lowest BCUT2D eigenvalue weighted by Crippen LogP contribution is -2.71. The van der Waals surface area contributed by atoms with Crippen molar-refractivity contribution in [2.75, 3.05) is 24.5 Å². The minimum Gasteiger partial charge on any atom is -0.477 e. The number of rotatable bonds is 6. The van der Waals surface area contributed by atoms with Crippen LogP contribution in [0.1, 0.15) is 5.82 Å². The van der Waals surface area contributed by atoms with Gasteiger partial charge in [-0.1, -0.05) is 5.16 Å². The zero-order chi connectivity index (χ0) is 25.8. The van der Waals surface area contributed by atoms with Gasteiger partial charge < -0.3 is 26.1 Å². The Balaban J connectivity index is 0.000000509. The molecule has 1 aromatic heterocycles. The van der Waals surface area contributed by atoms with Crippen LogP contribution in [0.5, 0.6) is 0 Å². The molecule has 2 amide bonds. The van der Waals surface area contributed by atoms with Crippen molar-refractivity contribution in [3.05, 3.63) is 17.1 Å². The van der Waals surface area contributed by atoms with Crippen molar-refractivity contribution in [3.63, 3.8) is 0 Å². The standard InChI is InChI=1S/C13H13ClN6O5S2.C2HF3O2/c1-25-18-5(8-17-13(15)27-19-8)9(21)16-6-10(22)20-7(12(23)24)4(2-14)3-26-11(6)20;3-2(4,5)1(6)7/h6,11H,2-3H2,1H3,(H,16,21)(H,23,24)(H2,15,17,19);(H,6,7)/t6-,11+;/m1./s1. The minimum absolute atomic E-state index is 0.00369. The van der Waals surface area contributed by atoms with Gasteiger partial charge in [-0.15, -0.1) is 23.4 Å². The van der Waals surface area contributed by atoms with Crippen LogP contribution in [-0.2, 0) is 24.0 Å². The Morgan fingerprint density at radius 3 is 2.44 bits per heavy atom. The smallest absolute Gasteiger partial charge is 0.477 e. The summed E-state index contributed by atoms with van der Waals surface area (Å²) in [6, 6.07) is -0.924. The zero-order valence-electron chi connectivity index (χ0n) is 16.7. The summed E-state index contributed by atoms with van der Waals surface area (Å²) in [5, 5.41) is 22.2. The van der Waals surface area contributed by atoms with Crippen LogP contribution in [0.3, 0.4) is 0 Å². The highest BCUT2D eigenvalue weighted by Gasteiger charge is 2.54. The maximum Gasteiger partial charge on any atom is 0.490 e. The number of carboxylic acid groups (broad SMARTS) is 2. The van der Waals surface area contributed by atoms with E-state index >= 15 is 0 Å². The number of anilines is 1. The maximum absolute atomic E-state index is 12.5. The van der Waals surface area contributed by atoms with Crippen LogP contribution in [0, 0.1) is 0 Å². The summed E-state index contributed by atoms with van der Waals surface area (Å²) in [6.45, 7) is 0. The van der Waals surface area contributed by atoms with E-state index in [1.54, 1.807) is 0 Å². The lowest BCUT2D eigenvalue weighted by Gasteiger charge is -2.49. The van der Waals surface area contributed by atoms with Gasteiger partial charge in [0, 0.05) is 23.2 Å². The molecule has 2 aliphatic heterocycles. The molecule has 0 aromatic carbocycles. The molecule has 0 bridgehead atoms. The number of nitrogen functional groups attached to an aromatic ring is 1. The predicted molar refractivity (Wildman–Crippen MR) is 112 cm³/mol. The number of aliphatic carboxylic acids is 2. The third kappa shape index (κ3) is 5.86. The fourth-order valence-corrected chi connectivity index (χ4v) is 4.72. The molecule has 1 saturated heterocycles. The number of carboxylic acids is 2. The van der Waals surface area contributed by atoms with Crippen molar-refractivity contribution in [3.8, 4) is 0 Å². The first-order chi connectivity index (χ1) is 15.8. The summed E-state index contributed by atoms with van der Waals surface area (Å²) >= 11 is 7.96. The Bertz CT molecular complexity index is 1060. The molecule has 0 radical (unpaired) electrons. The van der Waals surface area contributed by atoms with E-state index in [1.807, 2.05) is 0 Å². The van der Waals surface area contributed by atoms with E-state index in [1.165, 1.54) is 18.9 Å². The first-order valence-electron chi connectivity index (χ1n) is 8.61. The first kappa shape index (κ1) is 27.1. The maximum atomic E-state index is 12.5. The minimum atomic E-state index is -5.08. The number of nitrogens with one attached hydrogen (secondary N) is 1. The molecule has 3 heterocycles. The highest BCUT2D eigenvalue weighted by molar-refractivity contribution is 8.00. The van der Waals surface area contributed by atoms with Crippen LogP contribution in [0.15, 0.2) is 16.4 Å². The lowest BCUT2D eigenvalue weighted by atomic mass is 10.0. The van der Waals surface area contributed by atoms with Crippen LogP contribution in [0.2, 0.25) is 0 Å².